The number of benzene rings is 2. The SMILES string of the molecule is CCOCCOCc1cccc(NC(=O)c2ccc(OCc3noc(C)n3)cc2)c1. The lowest BCUT2D eigenvalue weighted by Gasteiger charge is -2.09. The predicted molar refractivity (Wildman–Crippen MR) is 110 cm³/mol. The molecule has 0 radical (unpaired) electrons. The molecule has 1 heterocycles. The second-order valence-electron chi connectivity index (χ2n) is 6.45. The van der Waals surface area contributed by atoms with Gasteiger partial charge in [0.15, 0.2) is 6.61 Å². The Bertz CT molecular complexity index is 940. The van der Waals surface area contributed by atoms with E-state index < -0.39 is 0 Å². The molecule has 1 N–H and O–H groups in total. The second-order valence-corrected chi connectivity index (χ2v) is 6.45. The van der Waals surface area contributed by atoms with Crippen LogP contribution in [0.3, 0.4) is 0 Å². The minimum Gasteiger partial charge on any atom is -0.485 e. The summed E-state index contributed by atoms with van der Waals surface area (Å²) in [4.78, 5) is 16.6. The molecule has 8 heteroatoms. The predicted octanol–water partition coefficient (Wildman–Crippen LogP) is 3.76. The van der Waals surface area contributed by atoms with Crippen molar-refractivity contribution in [2.75, 3.05) is 25.1 Å². The number of aromatic nitrogens is 2. The third-order valence-corrected chi connectivity index (χ3v) is 4.08. The molecule has 8 nitrogen and oxygen atoms in total. The summed E-state index contributed by atoms with van der Waals surface area (Å²) in [7, 11) is 0. The first-order valence-electron chi connectivity index (χ1n) is 9.72. The van der Waals surface area contributed by atoms with Crippen molar-refractivity contribution >= 4 is 11.6 Å². The van der Waals surface area contributed by atoms with Gasteiger partial charge in [0.2, 0.25) is 11.7 Å². The molecule has 1 amide bonds. The molecule has 0 saturated carbocycles. The number of ether oxygens (including phenoxy) is 3. The van der Waals surface area contributed by atoms with Crippen LogP contribution in [0.5, 0.6) is 5.75 Å². The Morgan fingerprint density at radius 1 is 1.07 bits per heavy atom. The lowest BCUT2D eigenvalue weighted by Crippen LogP contribution is -2.12. The average molecular weight is 411 g/mol. The van der Waals surface area contributed by atoms with Crippen LogP contribution in [0.1, 0.15) is 34.6 Å². The zero-order chi connectivity index (χ0) is 21.2. The van der Waals surface area contributed by atoms with Crippen LogP contribution >= 0.6 is 0 Å². The van der Waals surface area contributed by atoms with E-state index in [9.17, 15) is 4.79 Å². The number of rotatable bonds is 11. The van der Waals surface area contributed by atoms with Crippen LogP contribution in [0.4, 0.5) is 5.69 Å². The molecule has 3 aromatic rings. The number of nitrogens with zero attached hydrogens (tertiary/aromatic N) is 2. The molecule has 0 spiro atoms. The van der Waals surface area contributed by atoms with Gasteiger partial charge in [-0.3, -0.25) is 4.79 Å². The molecule has 0 fully saturated rings. The molecule has 3 rings (SSSR count). The quantitative estimate of drug-likeness (QED) is 0.480. The first kappa shape index (κ1) is 21.5. The highest BCUT2D eigenvalue weighted by molar-refractivity contribution is 6.04. The highest BCUT2D eigenvalue weighted by Crippen LogP contribution is 2.16. The van der Waals surface area contributed by atoms with E-state index in [0.717, 1.165) is 5.56 Å². The Kier molecular flexibility index (Phi) is 7.94. The molecule has 158 valence electrons. The number of anilines is 1. The molecule has 0 aliphatic rings. The summed E-state index contributed by atoms with van der Waals surface area (Å²) in [5.41, 5.74) is 2.21. The van der Waals surface area contributed by atoms with E-state index in [2.05, 4.69) is 15.5 Å². The largest absolute Gasteiger partial charge is 0.485 e. The van der Waals surface area contributed by atoms with Gasteiger partial charge >= 0.3 is 0 Å². The third kappa shape index (κ3) is 6.68. The lowest BCUT2D eigenvalue weighted by molar-refractivity contribution is 0.0453. The number of hydrogen-bond donors (Lipinski definition) is 1. The normalized spacial score (nSPS) is 10.7. The van der Waals surface area contributed by atoms with E-state index in [4.69, 9.17) is 18.7 Å². The van der Waals surface area contributed by atoms with Crippen molar-refractivity contribution in [1.29, 1.82) is 0 Å². The molecular formula is C22H25N3O5. The first-order valence-corrected chi connectivity index (χ1v) is 9.72. The number of hydrogen-bond acceptors (Lipinski definition) is 7. The summed E-state index contributed by atoms with van der Waals surface area (Å²) in [5.74, 6) is 1.36. The molecule has 0 bridgehead atoms. The van der Waals surface area contributed by atoms with E-state index in [1.807, 2.05) is 31.2 Å². The van der Waals surface area contributed by atoms with Crippen molar-refractivity contribution in [2.24, 2.45) is 0 Å². The van der Waals surface area contributed by atoms with Crippen molar-refractivity contribution < 1.29 is 23.5 Å². The van der Waals surface area contributed by atoms with Crippen LogP contribution in [0.15, 0.2) is 53.1 Å². The van der Waals surface area contributed by atoms with E-state index >= 15 is 0 Å². The highest BCUT2D eigenvalue weighted by atomic mass is 16.5. The summed E-state index contributed by atoms with van der Waals surface area (Å²) in [5, 5.41) is 6.67. The maximum atomic E-state index is 12.5. The van der Waals surface area contributed by atoms with Gasteiger partial charge in [-0.25, -0.2) is 0 Å². The van der Waals surface area contributed by atoms with E-state index in [0.29, 0.717) is 55.1 Å². The fourth-order valence-corrected chi connectivity index (χ4v) is 2.64. The minimum atomic E-state index is -0.204. The monoisotopic (exact) mass is 411 g/mol. The van der Waals surface area contributed by atoms with Gasteiger partial charge in [-0.05, 0) is 48.9 Å². The molecule has 0 saturated heterocycles. The number of carbonyl (C=O) groups is 1. The molecule has 0 atom stereocenters. The van der Waals surface area contributed by atoms with Gasteiger partial charge in [0, 0.05) is 24.8 Å². The Hall–Kier alpha value is -3.23. The van der Waals surface area contributed by atoms with Gasteiger partial charge in [0.25, 0.3) is 5.91 Å². The highest BCUT2D eigenvalue weighted by Gasteiger charge is 2.08. The van der Waals surface area contributed by atoms with Gasteiger partial charge in [-0.1, -0.05) is 17.3 Å². The van der Waals surface area contributed by atoms with Gasteiger partial charge < -0.3 is 24.1 Å². The molecular weight excluding hydrogens is 386 g/mol. The topological polar surface area (TPSA) is 95.7 Å². The van der Waals surface area contributed by atoms with Crippen LogP contribution < -0.4 is 10.1 Å². The van der Waals surface area contributed by atoms with Crippen LogP contribution in [0.25, 0.3) is 0 Å². The summed E-state index contributed by atoms with van der Waals surface area (Å²) in [6, 6.07) is 14.4. The number of amides is 1. The van der Waals surface area contributed by atoms with E-state index in [1.165, 1.54) is 0 Å². The maximum absolute atomic E-state index is 12.5. The zero-order valence-corrected chi connectivity index (χ0v) is 17.1. The van der Waals surface area contributed by atoms with Gasteiger partial charge in [0.05, 0.1) is 19.8 Å². The molecule has 0 unspecified atom stereocenters. The smallest absolute Gasteiger partial charge is 0.255 e. The number of nitrogens with one attached hydrogen (secondary N) is 1. The molecule has 2 aromatic carbocycles. The molecule has 30 heavy (non-hydrogen) atoms. The summed E-state index contributed by atoms with van der Waals surface area (Å²) in [6.07, 6.45) is 0. The molecule has 0 aliphatic carbocycles. The van der Waals surface area contributed by atoms with Crippen molar-refractivity contribution in [3.63, 3.8) is 0 Å². The second kappa shape index (κ2) is 11.1. The summed E-state index contributed by atoms with van der Waals surface area (Å²) in [6.45, 7) is 6.10. The first-order chi connectivity index (χ1) is 14.6. The summed E-state index contributed by atoms with van der Waals surface area (Å²) >= 11 is 0. The van der Waals surface area contributed by atoms with Crippen molar-refractivity contribution in [3.05, 3.63) is 71.4 Å². The van der Waals surface area contributed by atoms with E-state index in [1.54, 1.807) is 31.2 Å². The standard InChI is InChI=1S/C22H25N3O5/c1-3-27-11-12-28-14-17-5-4-6-19(13-17)24-22(26)18-7-9-20(10-8-18)29-15-21-23-16(2)30-25-21/h4-10,13H,3,11-12,14-15H2,1-2H3,(H,24,26). The van der Waals surface area contributed by atoms with Gasteiger partial charge in [-0.2, -0.15) is 4.98 Å². The Morgan fingerprint density at radius 2 is 1.87 bits per heavy atom. The Labute approximate surface area is 175 Å². The Balaban J connectivity index is 1.49. The summed E-state index contributed by atoms with van der Waals surface area (Å²) < 4.78 is 21.3. The molecule has 0 aliphatic heterocycles. The fourth-order valence-electron chi connectivity index (χ4n) is 2.64. The molecule has 1 aromatic heterocycles. The average Bonchev–Trinajstić information content (AvgIpc) is 3.18. The number of aryl methyl sites for hydroxylation is 1. The van der Waals surface area contributed by atoms with Gasteiger partial charge in [-0.15, -0.1) is 0 Å². The lowest BCUT2D eigenvalue weighted by atomic mass is 10.1. The van der Waals surface area contributed by atoms with Crippen molar-refractivity contribution in [3.8, 4) is 5.75 Å². The zero-order valence-electron chi connectivity index (χ0n) is 17.1. The minimum absolute atomic E-state index is 0.197. The van der Waals surface area contributed by atoms with Crippen LogP contribution in [0.2, 0.25) is 0 Å². The third-order valence-electron chi connectivity index (χ3n) is 4.08. The van der Waals surface area contributed by atoms with Crippen molar-refractivity contribution in [1.82, 2.24) is 10.1 Å². The number of carbonyl (C=O) groups excluding carboxylic acids is 1. The van der Waals surface area contributed by atoms with Crippen molar-refractivity contribution in [2.45, 2.75) is 27.1 Å². The van der Waals surface area contributed by atoms with Crippen LogP contribution in [0, 0.1) is 6.92 Å². The van der Waals surface area contributed by atoms with E-state index in [-0.39, 0.29) is 12.5 Å². The van der Waals surface area contributed by atoms with Crippen LogP contribution in [-0.4, -0.2) is 35.9 Å². The van der Waals surface area contributed by atoms with Crippen LogP contribution in [-0.2, 0) is 22.7 Å². The fraction of sp³-hybridized carbons (Fsp3) is 0.318. The van der Waals surface area contributed by atoms with Gasteiger partial charge in [0.1, 0.15) is 5.75 Å². The Morgan fingerprint density at radius 3 is 2.60 bits per heavy atom. The maximum Gasteiger partial charge on any atom is 0.255 e.